The summed E-state index contributed by atoms with van der Waals surface area (Å²) < 4.78 is 44.9. The van der Waals surface area contributed by atoms with Crippen LogP contribution in [0.25, 0.3) is 0 Å². The number of halogens is 3. The van der Waals surface area contributed by atoms with E-state index in [2.05, 4.69) is 15.0 Å². The predicted octanol–water partition coefficient (Wildman–Crippen LogP) is 2.07. The van der Waals surface area contributed by atoms with Crippen LogP contribution in [0, 0.1) is 0 Å². The number of nitrogens with two attached hydrogens (primary N) is 1. The summed E-state index contributed by atoms with van der Waals surface area (Å²) in [6, 6.07) is 2.88. The minimum absolute atomic E-state index is 0. The molecule has 7 nitrogen and oxygen atoms in total. The quantitative estimate of drug-likeness (QED) is 0.369. The van der Waals surface area contributed by atoms with Gasteiger partial charge in [-0.05, 0) is 13.0 Å². The predicted molar refractivity (Wildman–Crippen MR) is 94.4 cm³/mol. The fourth-order valence-electron chi connectivity index (χ4n) is 2.05. The molecule has 0 spiro atoms. The van der Waals surface area contributed by atoms with Crippen LogP contribution in [-0.2, 0) is 11.3 Å². The van der Waals surface area contributed by atoms with Crippen molar-refractivity contribution < 1.29 is 27.7 Å². The fourth-order valence-corrected chi connectivity index (χ4v) is 2.05. The molecule has 10 heteroatoms. The summed E-state index contributed by atoms with van der Waals surface area (Å²) in [5.74, 6) is 0.963. The van der Waals surface area contributed by atoms with E-state index >= 15 is 0 Å². The molecule has 2 rings (SSSR count). The van der Waals surface area contributed by atoms with Gasteiger partial charge in [-0.2, -0.15) is 8.78 Å². The molecule has 0 aliphatic carbocycles. The zero-order chi connectivity index (χ0) is 16.8. The van der Waals surface area contributed by atoms with E-state index < -0.39 is 6.61 Å². The summed E-state index contributed by atoms with van der Waals surface area (Å²) in [7, 11) is 1.58. The number of hydrogen-bond donors (Lipinski definition) is 2. The first kappa shape index (κ1) is 20.5. The highest BCUT2D eigenvalue weighted by molar-refractivity contribution is 14.0. The summed E-state index contributed by atoms with van der Waals surface area (Å²) in [6.07, 6.45) is 0. The summed E-state index contributed by atoms with van der Waals surface area (Å²) in [5, 5.41) is 2.92. The normalized spacial score (nSPS) is 14.3. The number of rotatable bonds is 7. The van der Waals surface area contributed by atoms with E-state index in [4.69, 9.17) is 19.9 Å². The van der Waals surface area contributed by atoms with Gasteiger partial charge in [0.05, 0.1) is 13.2 Å². The standard InChI is InChI=1S/C14H19F2N3O4.HI/c1-8(6-20-2)19-14(17)18-5-9-3-11-12(22-7-21-11)4-10(9)23-13(15)16;/h3-4,8,13H,5-7H2,1-2H3,(H3,17,18,19);1H. The lowest BCUT2D eigenvalue weighted by molar-refractivity contribution is -0.0505. The molecule has 1 aromatic carbocycles. The van der Waals surface area contributed by atoms with Gasteiger partial charge in [0, 0.05) is 24.8 Å². The third kappa shape index (κ3) is 5.82. The molecule has 1 aromatic rings. The van der Waals surface area contributed by atoms with Crippen LogP contribution in [0.15, 0.2) is 17.1 Å². The molecule has 0 saturated carbocycles. The van der Waals surface area contributed by atoms with Crippen molar-refractivity contribution in [3.05, 3.63) is 17.7 Å². The Kier molecular flexibility index (Phi) is 8.25. The SMILES string of the molecule is COCC(C)NC(N)=NCc1cc2c(cc1OC(F)F)OCO2.I. The van der Waals surface area contributed by atoms with E-state index in [1.165, 1.54) is 6.07 Å². The van der Waals surface area contributed by atoms with Crippen molar-refractivity contribution in [1.29, 1.82) is 0 Å². The number of alkyl halides is 2. The van der Waals surface area contributed by atoms with Crippen molar-refractivity contribution in [2.45, 2.75) is 26.1 Å². The molecule has 136 valence electrons. The summed E-state index contributed by atoms with van der Waals surface area (Å²) in [5.41, 5.74) is 6.17. The number of nitrogens with zero attached hydrogens (tertiary/aromatic N) is 1. The Morgan fingerprint density at radius 1 is 1.38 bits per heavy atom. The molecular formula is C14H20F2IN3O4. The van der Waals surface area contributed by atoms with Crippen molar-refractivity contribution >= 4 is 29.9 Å². The topological polar surface area (TPSA) is 87.3 Å². The van der Waals surface area contributed by atoms with Gasteiger partial charge in [0.25, 0.3) is 0 Å². The molecule has 0 radical (unpaired) electrons. The highest BCUT2D eigenvalue weighted by Gasteiger charge is 2.20. The monoisotopic (exact) mass is 459 g/mol. The van der Waals surface area contributed by atoms with Crippen LogP contribution >= 0.6 is 24.0 Å². The van der Waals surface area contributed by atoms with Gasteiger partial charge in [-0.25, -0.2) is 4.99 Å². The third-order valence-electron chi connectivity index (χ3n) is 3.00. The van der Waals surface area contributed by atoms with Crippen LogP contribution in [-0.4, -0.2) is 39.1 Å². The second-order valence-electron chi connectivity index (χ2n) is 4.89. The number of fused-ring (bicyclic) bond motifs is 1. The number of aliphatic imine (C=N–C) groups is 1. The van der Waals surface area contributed by atoms with E-state index in [-0.39, 0.29) is 55.1 Å². The van der Waals surface area contributed by atoms with Gasteiger partial charge in [0.1, 0.15) is 5.75 Å². The molecule has 1 unspecified atom stereocenters. The lowest BCUT2D eigenvalue weighted by Gasteiger charge is -2.14. The number of ether oxygens (including phenoxy) is 4. The number of guanidine groups is 1. The lowest BCUT2D eigenvalue weighted by Crippen LogP contribution is -2.40. The Morgan fingerprint density at radius 3 is 2.67 bits per heavy atom. The van der Waals surface area contributed by atoms with E-state index in [9.17, 15) is 8.78 Å². The Balaban J connectivity index is 0.00000288. The van der Waals surface area contributed by atoms with Gasteiger partial charge in [-0.15, -0.1) is 24.0 Å². The maximum Gasteiger partial charge on any atom is 0.387 e. The smallest absolute Gasteiger partial charge is 0.387 e. The number of benzene rings is 1. The highest BCUT2D eigenvalue weighted by Crippen LogP contribution is 2.38. The molecule has 0 amide bonds. The van der Waals surface area contributed by atoms with Gasteiger partial charge < -0.3 is 30.0 Å². The molecule has 1 aliphatic heterocycles. The van der Waals surface area contributed by atoms with Crippen LogP contribution in [0.1, 0.15) is 12.5 Å². The summed E-state index contributed by atoms with van der Waals surface area (Å²) in [6.45, 7) is -0.529. The van der Waals surface area contributed by atoms with E-state index in [0.29, 0.717) is 23.7 Å². The number of methoxy groups -OCH3 is 1. The minimum Gasteiger partial charge on any atom is -0.454 e. The van der Waals surface area contributed by atoms with E-state index in [1.807, 2.05) is 6.92 Å². The first-order valence-corrected chi connectivity index (χ1v) is 6.92. The Morgan fingerprint density at radius 2 is 2.04 bits per heavy atom. The van der Waals surface area contributed by atoms with Gasteiger partial charge in [0.2, 0.25) is 6.79 Å². The number of nitrogens with one attached hydrogen (secondary N) is 1. The highest BCUT2D eigenvalue weighted by atomic mass is 127. The summed E-state index contributed by atoms with van der Waals surface area (Å²) >= 11 is 0. The van der Waals surface area contributed by atoms with Crippen LogP contribution in [0.4, 0.5) is 8.78 Å². The average Bonchev–Trinajstić information content (AvgIpc) is 2.91. The van der Waals surface area contributed by atoms with E-state index in [0.717, 1.165) is 0 Å². The van der Waals surface area contributed by atoms with Crippen LogP contribution in [0.3, 0.4) is 0 Å². The second-order valence-corrected chi connectivity index (χ2v) is 4.89. The average molecular weight is 459 g/mol. The maximum atomic E-state index is 12.5. The summed E-state index contributed by atoms with van der Waals surface area (Å²) in [4.78, 5) is 4.12. The Bertz CT molecular complexity index is 575. The van der Waals surface area contributed by atoms with Crippen molar-refractivity contribution in [2.75, 3.05) is 20.5 Å². The van der Waals surface area contributed by atoms with E-state index in [1.54, 1.807) is 13.2 Å². The van der Waals surface area contributed by atoms with Crippen LogP contribution in [0.2, 0.25) is 0 Å². The van der Waals surface area contributed by atoms with Gasteiger partial charge in [0.15, 0.2) is 17.5 Å². The minimum atomic E-state index is -2.95. The second kappa shape index (κ2) is 9.67. The third-order valence-corrected chi connectivity index (χ3v) is 3.00. The number of hydrogen-bond acceptors (Lipinski definition) is 5. The molecule has 0 aromatic heterocycles. The van der Waals surface area contributed by atoms with Gasteiger partial charge in [-0.1, -0.05) is 0 Å². The molecule has 0 bridgehead atoms. The lowest BCUT2D eigenvalue weighted by atomic mass is 10.1. The largest absolute Gasteiger partial charge is 0.454 e. The fraction of sp³-hybridized carbons (Fsp3) is 0.500. The molecule has 1 atom stereocenters. The van der Waals surface area contributed by atoms with Crippen LogP contribution in [0.5, 0.6) is 17.2 Å². The molecule has 1 heterocycles. The van der Waals surface area contributed by atoms with Crippen LogP contribution < -0.4 is 25.3 Å². The van der Waals surface area contributed by atoms with Crippen molar-refractivity contribution in [2.24, 2.45) is 10.7 Å². The molecule has 1 aliphatic rings. The van der Waals surface area contributed by atoms with Crippen molar-refractivity contribution in [1.82, 2.24) is 5.32 Å². The molecule has 0 saturated heterocycles. The first-order valence-electron chi connectivity index (χ1n) is 6.92. The molecule has 0 fully saturated rings. The zero-order valence-electron chi connectivity index (χ0n) is 13.3. The zero-order valence-corrected chi connectivity index (χ0v) is 15.6. The van der Waals surface area contributed by atoms with Gasteiger partial charge >= 0.3 is 6.61 Å². The Hall–Kier alpha value is -1.56. The Labute approximate surface area is 155 Å². The maximum absolute atomic E-state index is 12.5. The van der Waals surface area contributed by atoms with Gasteiger partial charge in [-0.3, -0.25) is 0 Å². The van der Waals surface area contributed by atoms with Crippen molar-refractivity contribution in [3.63, 3.8) is 0 Å². The van der Waals surface area contributed by atoms with Crippen molar-refractivity contribution in [3.8, 4) is 17.2 Å². The molecular weight excluding hydrogens is 439 g/mol. The molecule has 3 N–H and O–H groups in total. The molecule has 24 heavy (non-hydrogen) atoms. The first-order chi connectivity index (χ1) is 11.0.